The van der Waals surface area contributed by atoms with Gasteiger partial charge in [0, 0.05) is 56.9 Å². The van der Waals surface area contributed by atoms with Crippen LogP contribution in [0.3, 0.4) is 0 Å². The maximum absolute atomic E-state index is 5.51. The number of benzene rings is 1. The summed E-state index contributed by atoms with van der Waals surface area (Å²) in [6.45, 7) is 18.5. The van der Waals surface area contributed by atoms with Gasteiger partial charge in [-0.3, -0.25) is 4.90 Å². The minimum atomic E-state index is 0.668. The molecule has 3 heterocycles. The Bertz CT molecular complexity index is 963. The summed E-state index contributed by atoms with van der Waals surface area (Å²) in [6, 6.07) is 8.60. The number of hydrogen-bond acceptors (Lipinski definition) is 6. The number of hydrogen-bond donors (Lipinski definition) is 3. The third kappa shape index (κ3) is 7.26. The lowest BCUT2D eigenvalue weighted by molar-refractivity contribution is 0.196. The molecule has 1 aromatic heterocycles. The van der Waals surface area contributed by atoms with E-state index in [0.717, 1.165) is 75.3 Å². The average molecular weight is 498 g/mol. The minimum Gasteiger partial charge on any atom is -0.361 e. The van der Waals surface area contributed by atoms with Crippen molar-refractivity contribution in [3.05, 3.63) is 29.8 Å². The van der Waals surface area contributed by atoms with Gasteiger partial charge >= 0.3 is 0 Å². The van der Waals surface area contributed by atoms with Crippen LogP contribution in [0.1, 0.15) is 32.3 Å². The average Bonchev–Trinajstić information content (AvgIpc) is 2.88. The molecular formula is C27H43N7S. The van der Waals surface area contributed by atoms with E-state index in [4.69, 9.17) is 17.2 Å². The Morgan fingerprint density at radius 2 is 1.86 bits per heavy atom. The van der Waals surface area contributed by atoms with Crippen LogP contribution in [-0.4, -0.2) is 91.9 Å². The highest BCUT2D eigenvalue weighted by Gasteiger charge is 2.22. The van der Waals surface area contributed by atoms with E-state index in [1.54, 1.807) is 0 Å². The summed E-state index contributed by atoms with van der Waals surface area (Å²) in [6.07, 6.45) is 2.64. The number of aromatic nitrogens is 1. The molecule has 1 aromatic carbocycles. The molecule has 0 spiro atoms. The van der Waals surface area contributed by atoms with E-state index in [2.05, 4.69) is 75.7 Å². The molecule has 2 saturated heterocycles. The third-order valence-electron chi connectivity index (χ3n) is 7.54. The van der Waals surface area contributed by atoms with Gasteiger partial charge in [0.05, 0.1) is 5.52 Å². The van der Waals surface area contributed by atoms with Crippen molar-refractivity contribution >= 4 is 39.7 Å². The molecule has 0 atom stereocenters. The molecule has 0 bridgehead atoms. The van der Waals surface area contributed by atoms with Gasteiger partial charge in [-0.2, -0.15) is 0 Å². The number of aryl methyl sites for hydroxylation is 1. The first-order valence-corrected chi connectivity index (χ1v) is 13.8. The SMILES string of the molecule is CCN(CC)CCNC(=S)Nc1ccc2nc(N3CCN(CC4CCNCC4)CC3)cc(C)c2c1. The van der Waals surface area contributed by atoms with Crippen LogP contribution in [0.15, 0.2) is 24.3 Å². The van der Waals surface area contributed by atoms with Gasteiger partial charge in [0.15, 0.2) is 5.11 Å². The second-order valence-electron chi connectivity index (χ2n) is 9.92. The van der Waals surface area contributed by atoms with Crippen LogP contribution in [0.2, 0.25) is 0 Å². The Morgan fingerprint density at radius 3 is 2.57 bits per heavy atom. The zero-order valence-corrected chi connectivity index (χ0v) is 22.6. The second-order valence-corrected chi connectivity index (χ2v) is 10.3. The predicted molar refractivity (Wildman–Crippen MR) is 153 cm³/mol. The molecule has 0 unspecified atom stereocenters. The Kier molecular flexibility index (Phi) is 9.54. The lowest BCUT2D eigenvalue weighted by Crippen LogP contribution is -2.48. The van der Waals surface area contributed by atoms with Gasteiger partial charge in [0.2, 0.25) is 0 Å². The molecule has 2 aromatic rings. The first-order valence-electron chi connectivity index (χ1n) is 13.4. The molecule has 192 valence electrons. The number of piperidine rings is 1. The number of rotatable bonds is 9. The Balaban J connectivity index is 1.32. The molecule has 3 N–H and O–H groups in total. The highest BCUT2D eigenvalue weighted by atomic mass is 32.1. The zero-order valence-electron chi connectivity index (χ0n) is 21.8. The predicted octanol–water partition coefficient (Wildman–Crippen LogP) is 3.29. The molecule has 4 rings (SSSR count). The lowest BCUT2D eigenvalue weighted by atomic mass is 9.97. The van der Waals surface area contributed by atoms with Gasteiger partial charge in [-0.25, -0.2) is 4.98 Å². The number of nitrogens with zero attached hydrogens (tertiary/aromatic N) is 4. The molecule has 2 aliphatic rings. The van der Waals surface area contributed by atoms with Crippen LogP contribution in [-0.2, 0) is 0 Å². The summed E-state index contributed by atoms with van der Waals surface area (Å²) in [4.78, 5) is 12.5. The number of fused-ring (bicyclic) bond motifs is 1. The minimum absolute atomic E-state index is 0.668. The summed E-state index contributed by atoms with van der Waals surface area (Å²) >= 11 is 5.51. The van der Waals surface area contributed by atoms with E-state index in [1.807, 2.05) is 0 Å². The largest absolute Gasteiger partial charge is 0.361 e. The van der Waals surface area contributed by atoms with Gasteiger partial charge in [0.1, 0.15) is 5.82 Å². The molecular weight excluding hydrogens is 454 g/mol. The number of thiocarbonyl (C=S) groups is 1. The number of likely N-dealkylation sites (N-methyl/N-ethyl adjacent to an activating group) is 1. The third-order valence-corrected chi connectivity index (χ3v) is 7.79. The van der Waals surface area contributed by atoms with E-state index in [0.29, 0.717) is 5.11 Å². The summed E-state index contributed by atoms with van der Waals surface area (Å²) < 4.78 is 0. The number of nitrogens with one attached hydrogen (secondary N) is 3. The molecule has 0 saturated carbocycles. The van der Waals surface area contributed by atoms with Gasteiger partial charge in [0.25, 0.3) is 0 Å². The second kappa shape index (κ2) is 12.8. The molecule has 0 aliphatic carbocycles. The van der Waals surface area contributed by atoms with Crippen LogP contribution in [0.25, 0.3) is 10.9 Å². The van der Waals surface area contributed by atoms with E-state index in [9.17, 15) is 0 Å². The quantitative estimate of drug-likeness (QED) is 0.457. The van der Waals surface area contributed by atoms with Gasteiger partial charge in [-0.1, -0.05) is 13.8 Å². The Hall–Kier alpha value is -2.00. The summed E-state index contributed by atoms with van der Waals surface area (Å²) in [5.74, 6) is 1.96. The van der Waals surface area contributed by atoms with Crippen molar-refractivity contribution in [3.8, 4) is 0 Å². The Labute approximate surface area is 216 Å². The molecule has 7 nitrogen and oxygen atoms in total. The maximum Gasteiger partial charge on any atom is 0.170 e. The molecule has 35 heavy (non-hydrogen) atoms. The normalized spacial score (nSPS) is 17.8. The number of piperazine rings is 1. The van der Waals surface area contributed by atoms with Crippen molar-refractivity contribution in [3.63, 3.8) is 0 Å². The lowest BCUT2D eigenvalue weighted by Gasteiger charge is -2.38. The monoisotopic (exact) mass is 497 g/mol. The van der Waals surface area contributed by atoms with Crippen LogP contribution in [0.4, 0.5) is 11.5 Å². The Morgan fingerprint density at radius 1 is 1.11 bits per heavy atom. The maximum atomic E-state index is 5.51. The standard InChI is InChI=1S/C27H43N7S/c1-4-32(5-2)13-12-29-27(35)30-23-6-7-25-24(19-23)21(3)18-26(31-25)34-16-14-33(15-17-34)20-22-8-10-28-11-9-22/h6-7,18-19,22,28H,4-5,8-17,20H2,1-3H3,(H2,29,30,35). The fraction of sp³-hybridized carbons (Fsp3) is 0.630. The molecule has 8 heteroatoms. The van der Waals surface area contributed by atoms with E-state index in [-0.39, 0.29) is 0 Å². The van der Waals surface area contributed by atoms with E-state index >= 15 is 0 Å². The van der Waals surface area contributed by atoms with Crippen molar-refractivity contribution in [1.29, 1.82) is 0 Å². The van der Waals surface area contributed by atoms with Crippen molar-refractivity contribution in [2.45, 2.75) is 33.6 Å². The topological polar surface area (TPSA) is 58.7 Å². The molecule has 0 radical (unpaired) electrons. The fourth-order valence-corrected chi connectivity index (χ4v) is 5.47. The van der Waals surface area contributed by atoms with E-state index < -0.39 is 0 Å². The van der Waals surface area contributed by atoms with E-state index in [1.165, 1.54) is 43.4 Å². The number of anilines is 2. The molecule has 2 fully saturated rings. The first kappa shape index (κ1) is 26.1. The van der Waals surface area contributed by atoms with Crippen LogP contribution in [0.5, 0.6) is 0 Å². The van der Waals surface area contributed by atoms with Crippen LogP contribution < -0.4 is 20.9 Å². The van der Waals surface area contributed by atoms with Gasteiger partial charge in [-0.05, 0) is 93.9 Å². The summed E-state index contributed by atoms with van der Waals surface area (Å²) in [5.41, 5.74) is 3.30. The highest BCUT2D eigenvalue weighted by Crippen LogP contribution is 2.26. The van der Waals surface area contributed by atoms with Crippen molar-refractivity contribution in [2.75, 3.05) is 82.2 Å². The molecule has 2 aliphatic heterocycles. The fourth-order valence-electron chi connectivity index (χ4n) is 5.25. The van der Waals surface area contributed by atoms with Crippen molar-refractivity contribution < 1.29 is 0 Å². The van der Waals surface area contributed by atoms with Crippen molar-refractivity contribution in [1.82, 2.24) is 25.4 Å². The summed E-state index contributed by atoms with van der Waals surface area (Å²) in [5, 5.41) is 12.0. The van der Waals surface area contributed by atoms with Crippen molar-refractivity contribution in [2.24, 2.45) is 5.92 Å². The first-order chi connectivity index (χ1) is 17.1. The van der Waals surface area contributed by atoms with Gasteiger partial charge in [-0.15, -0.1) is 0 Å². The smallest absolute Gasteiger partial charge is 0.170 e. The zero-order chi connectivity index (χ0) is 24.6. The molecule has 0 amide bonds. The summed E-state index contributed by atoms with van der Waals surface area (Å²) in [7, 11) is 0. The highest BCUT2D eigenvalue weighted by molar-refractivity contribution is 7.80. The number of pyridine rings is 1. The van der Waals surface area contributed by atoms with Crippen LogP contribution in [0, 0.1) is 12.8 Å². The van der Waals surface area contributed by atoms with Crippen LogP contribution >= 0.6 is 12.2 Å². The van der Waals surface area contributed by atoms with Gasteiger partial charge < -0.3 is 25.8 Å².